The maximum atomic E-state index is 13.6. The fraction of sp³-hybridized carbons (Fsp3) is 0.308. The second kappa shape index (κ2) is 9.32. The van der Waals surface area contributed by atoms with E-state index in [-0.39, 0.29) is 12.1 Å². The van der Waals surface area contributed by atoms with Gasteiger partial charge >= 0.3 is 0 Å². The summed E-state index contributed by atoms with van der Waals surface area (Å²) in [6.45, 7) is 2.54. The van der Waals surface area contributed by atoms with Crippen molar-refractivity contribution >= 4 is 22.8 Å². The topological polar surface area (TPSA) is 108 Å². The summed E-state index contributed by atoms with van der Waals surface area (Å²) in [6, 6.07) is 11.9. The van der Waals surface area contributed by atoms with Crippen molar-refractivity contribution in [2.24, 2.45) is 5.92 Å². The minimum atomic E-state index is -0.498. The van der Waals surface area contributed by atoms with Gasteiger partial charge in [0.25, 0.3) is 5.91 Å². The molecular weight excluding hydrogens is 447 g/mol. The lowest BCUT2D eigenvalue weighted by Crippen LogP contribution is -2.23. The molecule has 8 nitrogen and oxygen atoms in total. The van der Waals surface area contributed by atoms with Crippen LogP contribution in [0.25, 0.3) is 22.3 Å². The number of nitrogens with zero attached hydrogens (tertiary/aromatic N) is 4. The Kier molecular flexibility index (Phi) is 6.07. The Hall–Kier alpha value is -4.01. The molecule has 2 aromatic carbocycles. The van der Waals surface area contributed by atoms with Crippen LogP contribution in [0, 0.1) is 11.7 Å². The Morgan fingerprint density at radius 2 is 2.00 bits per heavy atom. The number of rotatable bonds is 6. The minimum absolute atomic E-state index is 0.151. The lowest BCUT2D eigenvalue weighted by atomic mass is 10.1. The maximum Gasteiger partial charge on any atom is 0.255 e. The van der Waals surface area contributed by atoms with Crippen LogP contribution in [0.15, 0.2) is 48.8 Å². The molecular formula is C26H27FN6O2. The highest BCUT2D eigenvalue weighted by molar-refractivity contribution is 5.98. The van der Waals surface area contributed by atoms with E-state index in [1.807, 2.05) is 28.9 Å². The Balaban J connectivity index is 1.38. The number of carbonyl (C=O) groups excluding carboxylic acids is 1. The normalized spacial score (nSPS) is 17.6. The van der Waals surface area contributed by atoms with E-state index < -0.39 is 11.7 Å². The smallest absolute Gasteiger partial charge is 0.255 e. The number of nitrogens with two attached hydrogens (primary N) is 1. The van der Waals surface area contributed by atoms with Crippen LogP contribution < -0.4 is 15.8 Å². The number of halogens is 1. The van der Waals surface area contributed by atoms with Crippen molar-refractivity contribution < 1.29 is 13.9 Å². The summed E-state index contributed by atoms with van der Waals surface area (Å²) in [5, 5.41) is 8.49. The first-order valence-electron chi connectivity index (χ1n) is 11.6. The van der Waals surface area contributed by atoms with E-state index in [1.54, 1.807) is 0 Å². The molecule has 1 aliphatic carbocycles. The summed E-state index contributed by atoms with van der Waals surface area (Å²) in [5.41, 5.74) is 9.68. The number of aromatic nitrogens is 4. The Morgan fingerprint density at radius 1 is 1.20 bits per heavy atom. The summed E-state index contributed by atoms with van der Waals surface area (Å²) in [5.74, 6) is 0.470. The van der Waals surface area contributed by atoms with Crippen LogP contribution >= 0.6 is 0 Å². The molecule has 1 amide bonds. The van der Waals surface area contributed by atoms with Gasteiger partial charge in [0.05, 0.1) is 24.1 Å². The lowest BCUT2D eigenvalue weighted by Gasteiger charge is -2.11. The third kappa shape index (κ3) is 4.41. The number of nitrogen functional groups attached to an aromatic ring is 1. The van der Waals surface area contributed by atoms with Gasteiger partial charge in [-0.25, -0.2) is 19.0 Å². The molecule has 1 aliphatic rings. The fourth-order valence-corrected chi connectivity index (χ4v) is 4.77. The van der Waals surface area contributed by atoms with E-state index in [4.69, 9.17) is 15.6 Å². The molecule has 4 aromatic rings. The molecule has 2 aromatic heterocycles. The zero-order valence-corrected chi connectivity index (χ0v) is 19.7. The number of carbonyl (C=O) groups is 1. The molecule has 5 rings (SSSR count). The van der Waals surface area contributed by atoms with Crippen LogP contribution in [0.4, 0.5) is 10.2 Å². The third-order valence-electron chi connectivity index (χ3n) is 6.62. The van der Waals surface area contributed by atoms with Crippen LogP contribution in [0.2, 0.25) is 0 Å². The number of hydrogen-bond acceptors (Lipinski definition) is 6. The standard InChI is InChI=1S/C26H27FN6O2/c1-15-3-9-19(11-15)33-25-22(24(28)30-14-31-25)23(32-33)17-6-4-16(5-7-17)13-29-26(34)20-12-18(27)8-10-21(20)35-2/h4-8,10,12,14-15,19H,3,9,11,13H2,1-2H3,(H,29,34)(H2,28,30,31). The highest BCUT2D eigenvalue weighted by atomic mass is 19.1. The van der Waals surface area contributed by atoms with Gasteiger partial charge in [0.2, 0.25) is 0 Å². The maximum absolute atomic E-state index is 13.6. The summed E-state index contributed by atoms with van der Waals surface area (Å²) in [7, 11) is 1.44. The number of fused-ring (bicyclic) bond motifs is 1. The van der Waals surface area contributed by atoms with E-state index in [0.717, 1.165) is 46.8 Å². The van der Waals surface area contributed by atoms with Gasteiger partial charge in [0.15, 0.2) is 5.65 Å². The first kappa shape index (κ1) is 22.8. The van der Waals surface area contributed by atoms with Gasteiger partial charge in [-0.15, -0.1) is 0 Å². The molecule has 0 spiro atoms. The molecule has 1 saturated carbocycles. The van der Waals surface area contributed by atoms with Crippen LogP contribution in [0.3, 0.4) is 0 Å². The van der Waals surface area contributed by atoms with E-state index in [1.165, 1.54) is 32.0 Å². The van der Waals surface area contributed by atoms with Crippen molar-refractivity contribution in [2.45, 2.75) is 38.8 Å². The van der Waals surface area contributed by atoms with Gasteiger partial charge < -0.3 is 15.8 Å². The Labute approximate surface area is 202 Å². The van der Waals surface area contributed by atoms with Crippen molar-refractivity contribution in [1.82, 2.24) is 25.1 Å². The zero-order valence-electron chi connectivity index (χ0n) is 19.7. The molecule has 2 unspecified atom stereocenters. The van der Waals surface area contributed by atoms with Crippen molar-refractivity contribution in [3.63, 3.8) is 0 Å². The van der Waals surface area contributed by atoms with E-state index >= 15 is 0 Å². The van der Waals surface area contributed by atoms with Gasteiger partial charge in [-0.05, 0) is 48.9 Å². The number of nitrogens with one attached hydrogen (secondary N) is 1. The first-order valence-corrected chi connectivity index (χ1v) is 11.6. The van der Waals surface area contributed by atoms with E-state index in [2.05, 4.69) is 22.2 Å². The second-order valence-corrected chi connectivity index (χ2v) is 9.05. The van der Waals surface area contributed by atoms with Crippen molar-refractivity contribution in [3.05, 3.63) is 65.7 Å². The van der Waals surface area contributed by atoms with E-state index in [0.29, 0.717) is 23.5 Å². The summed E-state index contributed by atoms with van der Waals surface area (Å²) >= 11 is 0. The summed E-state index contributed by atoms with van der Waals surface area (Å²) in [4.78, 5) is 21.3. The number of ether oxygens (including phenoxy) is 1. The molecule has 2 heterocycles. The Bertz CT molecular complexity index is 1380. The number of benzene rings is 2. The quantitative estimate of drug-likeness (QED) is 0.426. The second-order valence-electron chi connectivity index (χ2n) is 9.05. The van der Waals surface area contributed by atoms with Crippen LogP contribution in [0.1, 0.15) is 48.1 Å². The number of hydrogen-bond donors (Lipinski definition) is 2. The van der Waals surface area contributed by atoms with Crippen LogP contribution in [-0.2, 0) is 6.54 Å². The highest BCUT2D eigenvalue weighted by Crippen LogP contribution is 2.38. The SMILES string of the molecule is COc1ccc(F)cc1C(=O)NCc1ccc(-c2nn(C3CCC(C)C3)c3ncnc(N)c23)cc1. The predicted octanol–water partition coefficient (Wildman–Crippen LogP) is 4.51. The highest BCUT2D eigenvalue weighted by Gasteiger charge is 2.27. The van der Waals surface area contributed by atoms with Crippen LogP contribution in [-0.4, -0.2) is 32.8 Å². The molecule has 3 N–H and O–H groups in total. The molecule has 9 heteroatoms. The minimum Gasteiger partial charge on any atom is -0.496 e. The largest absolute Gasteiger partial charge is 0.496 e. The van der Waals surface area contributed by atoms with Crippen LogP contribution in [0.5, 0.6) is 5.75 Å². The molecule has 0 saturated heterocycles. The Morgan fingerprint density at radius 3 is 2.71 bits per heavy atom. The van der Waals surface area contributed by atoms with Gasteiger partial charge in [0.1, 0.15) is 29.4 Å². The number of anilines is 1. The molecule has 1 fully saturated rings. The summed E-state index contributed by atoms with van der Waals surface area (Å²) in [6.07, 6.45) is 4.78. The monoisotopic (exact) mass is 474 g/mol. The van der Waals surface area contributed by atoms with E-state index in [9.17, 15) is 9.18 Å². The predicted molar refractivity (Wildman–Crippen MR) is 131 cm³/mol. The number of amides is 1. The third-order valence-corrected chi connectivity index (χ3v) is 6.62. The van der Waals surface area contributed by atoms with Gasteiger partial charge in [-0.3, -0.25) is 4.79 Å². The fourth-order valence-electron chi connectivity index (χ4n) is 4.77. The van der Waals surface area contributed by atoms with Crippen molar-refractivity contribution in [1.29, 1.82) is 0 Å². The number of methoxy groups -OCH3 is 1. The van der Waals surface area contributed by atoms with Crippen molar-refractivity contribution in [2.75, 3.05) is 12.8 Å². The summed E-state index contributed by atoms with van der Waals surface area (Å²) < 4.78 is 20.8. The molecule has 0 radical (unpaired) electrons. The lowest BCUT2D eigenvalue weighted by molar-refractivity contribution is 0.0947. The molecule has 0 bridgehead atoms. The van der Waals surface area contributed by atoms with Gasteiger partial charge in [-0.1, -0.05) is 31.2 Å². The molecule has 35 heavy (non-hydrogen) atoms. The average molecular weight is 475 g/mol. The average Bonchev–Trinajstić information content (AvgIpc) is 3.47. The van der Waals surface area contributed by atoms with Gasteiger partial charge in [0, 0.05) is 12.1 Å². The van der Waals surface area contributed by atoms with Crippen molar-refractivity contribution in [3.8, 4) is 17.0 Å². The van der Waals surface area contributed by atoms with Gasteiger partial charge in [-0.2, -0.15) is 5.10 Å². The zero-order chi connectivity index (χ0) is 24.5. The molecule has 2 atom stereocenters. The first-order chi connectivity index (χ1) is 16.9. The molecule has 0 aliphatic heterocycles. The molecule has 180 valence electrons.